The first kappa shape index (κ1) is 13.9. The molecule has 0 amide bonds. The molecule has 19 heavy (non-hydrogen) atoms. The Bertz CT molecular complexity index is 436. The second kappa shape index (κ2) is 6.60. The number of anilines is 1. The fourth-order valence-electron chi connectivity index (χ4n) is 2.82. The summed E-state index contributed by atoms with van der Waals surface area (Å²) in [6.07, 6.45) is 7.69. The lowest BCUT2D eigenvalue weighted by molar-refractivity contribution is 0.0526. The Kier molecular flexibility index (Phi) is 4.83. The quantitative estimate of drug-likeness (QED) is 0.666. The highest BCUT2D eigenvalue weighted by Gasteiger charge is 2.16. The summed E-state index contributed by atoms with van der Waals surface area (Å²) >= 11 is 0. The van der Waals surface area contributed by atoms with E-state index in [4.69, 9.17) is 10.5 Å². The van der Waals surface area contributed by atoms with Crippen molar-refractivity contribution in [1.82, 2.24) is 0 Å². The summed E-state index contributed by atoms with van der Waals surface area (Å²) in [5, 5.41) is 0. The summed E-state index contributed by atoms with van der Waals surface area (Å²) in [5.74, 6) is 0.461. The van der Waals surface area contributed by atoms with E-state index in [1.165, 1.54) is 37.7 Å². The smallest absolute Gasteiger partial charge is 0.338 e. The third kappa shape index (κ3) is 3.72. The van der Waals surface area contributed by atoms with Gasteiger partial charge in [-0.15, -0.1) is 0 Å². The van der Waals surface area contributed by atoms with E-state index in [0.717, 1.165) is 18.0 Å². The van der Waals surface area contributed by atoms with Gasteiger partial charge in [-0.3, -0.25) is 0 Å². The fourth-order valence-corrected chi connectivity index (χ4v) is 2.82. The Morgan fingerprint density at radius 2 is 2.05 bits per heavy atom. The lowest BCUT2D eigenvalue weighted by Crippen LogP contribution is -2.11. The number of carbonyl (C=O) groups is 1. The number of ether oxygens (including phenoxy) is 1. The summed E-state index contributed by atoms with van der Waals surface area (Å²) < 4.78 is 4.98. The van der Waals surface area contributed by atoms with E-state index < -0.39 is 0 Å². The summed E-state index contributed by atoms with van der Waals surface area (Å²) in [7, 11) is 0. The average Bonchev–Trinajstić information content (AvgIpc) is 2.42. The van der Waals surface area contributed by atoms with Crippen LogP contribution >= 0.6 is 0 Å². The van der Waals surface area contributed by atoms with Crippen LogP contribution in [-0.2, 0) is 11.2 Å². The maximum atomic E-state index is 11.6. The highest BCUT2D eigenvalue weighted by atomic mass is 16.5. The van der Waals surface area contributed by atoms with Crippen molar-refractivity contribution in [3.8, 4) is 0 Å². The summed E-state index contributed by atoms with van der Waals surface area (Å²) in [6, 6.07) is 5.55. The number of benzene rings is 1. The van der Waals surface area contributed by atoms with E-state index in [0.29, 0.717) is 12.2 Å². The molecule has 3 heteroatoms. The number of rotatable bonds is 4. The molecule has 1 aliphatic rings. The maximum absolute atomic E-state index is 11.6. The lowest BCUT2D eigenvalue weighted by atomic mass is 9.84. The van der Waals surface area contributed by atoms with Crippen molar-refractivity contribution in [2.75, 3.05) is 12.3 Å². The molecular formula is C16H23NO2. The van der Waals surface area contributed by atoms with Crippen LogP contribution in [0.5, 0.6) is 0 Å². The molecule has 1 saturated carbocycles. The molecule has 0 bridgehead atoms. The first-order valence-corrected chi connectivity index (χ1v) is 7.26. The third-order valence-electron chi connectivity index (χ3n) is 3.89. The molecule has 1 aliphatic carbocycles. The molecule has 104 valence electrons. The lowest BCUT2D eigenvalue weighted by Gasteiger charge is -2.22. The predicted molar refractivity (Wildman–Crippen MR) is 77.1 cm³/mol. The van der Waals surface area contributed by atoms with Crippen molar-refractivity contribution in [3.63, 3.8) is 0 Å². The van der Waals surface area contributed by atoms with Crippen molar-refractivity contribution >= 4 is 11.7 Å². The van der Waals surface area contributed by atoms with Crippen molar-refractivity contribution in [3.05, 3.63) is 29.3 Å². The van der Waals surface area contributed by atoms with Gasteiger partial charge in [0.25, 0.3) is 0 Å². The Labute approximate surface area is 115 Å². The number of nitrogen functional groups attached to an aromatic ring is 1. The molecule has 0 aliphatic heterocycles. The van der Waals surface area contributed by atoms with E-state index in [9.17, 15) is 4.79 Å². The first-order valence-electron chi connectivity index (χ1n) is 7.26. The predicted octanol–water partition coefficient (Wildman–Crippen LogP) is 3.57. The van der Waals surface area contributed by atoms with Gasteiger partial charge in [-0.05, 0) is 37.0 Å². The topological polar surface area (TPSA) is 52.3 Å². The zero-order valence-corrected chi connectivity index (χ0v) is 11.7. The fraction of sp³-hybridized carbons (Fsp3) is 0.562. The third-order valence-corrected chi connectivity index (χ3v) is 3.89. The SMILES string of the molecule is CCOC(=O)c1ccc(CC2CCCCC2)c(N)c1. The molecule has 1 fully saturated rings. The highest BCUT2D eigenvalue weighted by Crippen LogP contribution is 2.28. The number of hydrogen-bond acceptors (Lipinski definition) is 3. The van der Waals surface area contributed by atoms with Crippen LogP contribution in [0.3, 0.4) is 0 Å². The van der Waals surface area contributed by atoms with Crippen LogP contribution in [0.2, 0.25) is 0 Å². The second-order valence-corrected chi connectivity index (χ2v) is 5.34. The normalized spacial score (nSPS) is 16.3. The summed E-state index contributed by atoms with van der Waals surface area (Å²) in [5.41, 5.74) is 8.50. The first-order chi connectivity index (χ1) is 9.20. The zero-order chi connectivity index (χ0) is 13.7. The van der Waals surface area contributed by atoms with Crippen LogP contribution in [0.25, 0.3) is 0 Å². The number of nitrogens with two attached hydrogens (primary N) is 1. The van der Waals surface area contributed by atoms with Crippen LogP contribution in [0.4, 0.5) is 5.69 Å². The molecular weight excluding hydrogens is 238 g/mol. The molecule has 2 N–H and O–H groups in total. The largest absolute Gasteiger partial charge is 0.462 e. The van der Waals surface area contributed by atoms with Gasteiger partial charge in [0.1, 0.15) is 0 Å². The molecule has 0 atom stereocenters. The standard InChI is InChI=1S/C16H23NO2/c1-2-19-16(18)14-9-8-13(15(17)11-14)10-12-6-4-3-5-7-12/h8-9,11-12H,2-7,10,17H2,1H3. The van der Waals surface area contributed by atoms with Gasteiger partial charge in [-0.2, -0.15) is 0 Å². The van der Waals surface area contributed by atoms with E-state index >= 15 is 0 Å². The van der Waals surface area contributed by atoms with E-state index in [-0.39, 0.29) is 5.97 Å². The minimum Gasteiger partial charge on any atom is -0.462 e. The van der Waals surface area contributed by atoms with Gasteiger partial charge in [0.2, 0.25) is 0 Å². The van der Waals surface area contributed by atoms with Crippen LogP contribution in [0.15, 0.2) is 18.2 Å². The van der Waals surface area contributed by atoms with Gasteiger partial charge < -0.3 is 10.5 Å². The maximum Gasteiger partial charge on any atom is 0.338 e. The molecule has 0 unspecified atom stereocenters. The molecule has 0 saturated heterocycles. The van der Waals surface area contributed by atoms with Gasteiger partial charge in [0.15, 0.2) is 0 Å². The number of esters is 1. The minimum atomic E-state index is -0.293. The van der Waals surface area contributed by atoms with Crippen molar-refractivity contribution < 1.29 is 9.53 Å². The molecule has 1 aromatic rings. The van der Waals surface area contributed by atoms with E-state index in [2.05, 4.69) is 0 Å². The van der Waals surface area contributed by atoms with Crippen molar-refractivity contribution in [2.24, 2.45) is 5.92 Å². The zero-order valence-electron chi connectivity index (χ0n) is 11.7. The summed E-state index contributed by atoms with van der Waals surface area (Å²) in [4.78, 5) is 11.6. The number of carbonyl (C=O) groups excluding carboxylic acids is 1. The summed E-state index contributed by atoms with van der Waals surface area (Å²) in [6.45, 7) is 2.20. The van der Waals surface area contributed by atoms with Crippen LogP contribution in [0.1, 0.15) is 54.9 Å². The second-order valence-electron chi connectivity index (χ2n) is 5.34. The molecule has 0 aromatic heterocycles. The molecule has 0 radical (unpaired) electrons. The monoisotopic (exact) mass is 261 g/mol. The Hall–Kier alpha value is -1.51. The van der Waals surface area contributed by atoms with Gasteiger partial charge in [0, 0.05) is 5.69 Å². The Morgan fingerprint density at radius 1 is 1.32 bits per heavy atom. The van der Waals surface area contributed by atoms with Gasteiger partial charge in [-0.25, -0.2) is 4.79 Å². The van der Waals surface area contributed by atoms with Crippen LogP contribution in [-0.4, -0.2) is 12.6 Å². The van der Waals surface area contributed by atoms with Crippen molar-refractivity contribution in [1.29, 1.82) is 0 Å². The molecule has 3 nitrogen and oxygen atoms in total. The highest BCUT2D eigenvalue weighted by molar-refractivity contribution is 5.90. The number of hydrogen-bond donors (Lipinski definition) is 1. The van der Waals surface area contributed by atoms with E-state index in [1.54, 1.807) is 13.0 Å². The molecule has 0 heterocycles. The van der Waals surface area contributed by atoms with Gasteiger partial charge in [0.05, 0.1) is 12.2 Å². The molecule has 2 rings (SSSR count). The Morgan fingerprint density at radius 3 is 2.68 bits per heavy atom. The van der Waals surface area contributed by atoms with E-state index in [1.807, 2.05) is 12.1 Å². The molecule has 0 spiro atoms. The minimum absolute atomic E-state index is 0.293. The van der Waals surface area contributed by atoms with Crippen molar-refractivity contribution in [2.45, 2.75) is 45.4 Å². The van der Waals surface area contributed by atoms with Gasteiger partial charge in [-0.1, -0.05) is 38.2 Å². The van der Waals surface area contributed by atoms with Gasteiger partial charge >= 0.3 is 5.97 Å². The average molecular weight is 261 g/mol. The Balaban J connectivity index is 2.04. The molecule has 1 aromatic carbocycles. The van der Waals surface area contributed by atoms with Crippen LogP contribution in [0, 0.1) is 5.92 Å². The van der Waals surface area contributed by atoms with Crippen LogP contribution < -0.4 is 5.73 Å².